The SMILES string of the molecule is COc1ccccc1-n1cc(C(=O)N2CCN(CCS(C)(=O)=O)CC2)cn1. The molecule has 1 aromatic heterocycles. The van der Waals surface area contributed by atoms with Crippen molar-refractivity contribution < 1.29 is 17.9 Å². The monoisotopic (exact) mass is 392 g/mol. The molecule has 1 saturated heterocycles. The van der Waals surface area contributed by atoms with E-state index in [0.717, 1.165) is 5.69 Å². The second-order valence-corrected chi connectivity index (χ2v) is 8.87. The zero-order valence-electron chi connectivity index (χ0n) is 15.5. The molecule has 3 rings (SSSR count). The molecular weight excluding hydrogens is 368 g/mol. The van der Waals surface area contributed by atoms with E-state index >= 15 is 0 Å². The summed E-state index contributed by atoms with van der Waals surface area (Å²) in [7, 11) is -1.37. The Morgan fingerprint density at radius 2 is 1.89 bits per heavy atom. The highest BCUT2D eigenvalue weighted by molar-refractivity contribution is 7.90. The first-order valence-electron chi connectivity index (χ1n) is 8.75. The summed E-state index contributed by atoms with van der Waals surface area (Å²) in [5, 5.41) is 4.29. The average molecular weight is 392 g/mol. The number of hydrogen-bond acceptors (Lipinski definition) is 6. The molecule has 2 heterocycles. The molecule has 9 heteroatoms. The number of para-hydroxylation sites is 2. The van der Waals surface area contributed by atoms with Crippen molar-refractivity contribution in [1.82, 2.24) is 19.6 Å². The molecule has 1 fully saturated rings. The number of sulfone groups is 1. The Hall–Kier alpha value is -2.39. The number of carbonyl (C=O) groups is 1. The number of benzene rings is 1. The minimum absolute atomic E-state index is 0.0705. The fourth-order valence-corrected chi connectivity index (χ4v) is 3.63. The quantitative estimate of drug-likeness (QED) is 0.719. The zero-order valence-corrected chi connectivity index (χ0v) is 16.4. The molecule has 27 heavy (non-hydrogen) atoms. The van der Waals surface area contributed by atoms with Crippen LogP contribution in [-0.2, 0) is 9.84 Å². The van der Waals surface area contributed by atoms with Crippen LogP contribution in [0.4, 0.5) is 0 Å². The van der Waals surface area contributed by atoms with Gasteiger partial charge in [-0.05, 0) is 12.1 Å². The maximum Gasteiger partial charge on any atom is 0.257 e. The maximum atomic E-state index is 12.7. The van der Waals surface area contributed by atoms with Crippen LogP contribution in [0, 0.1) is 0 Å². The Bertz CT molecular complexity index is 902. The van der Waals surface area contributed by atoms with Crippen molar-refractivity contribution in [3.8, 4) is 11.4 Å². The van der Waals surface area contributed by atoms with Gasteiger partial charge in [-0.1, -0.05) is 12.1 Å². The van der Waals surface area contributed by atoms with Crippen molar-refractivity contribution in [2.75, 3.05) is 51.8 Å². The highest BCUT2D eigenvalue weighted by Gasteiger charge is 2.23. The second kappa shape index (κ2) is 8.10. The van der Waals surface area contributed by atoms with E-state index in [4.69, 9.17) is 4.74 Å². The van der Waals surface area contributed by atoms with E-state index in [1.54, 1.807) is 29.1 Å². The van der Waals surface area contributed by atoms with Crippen LogP contribution in [0.5, 0.6) is 5.75 Å². The Balaban J connectivity index is 1.62. The van der Waals surface area contributed by atoms with E-state index in [-0.39, 0.29) is 11.7 Å². The van der Waals surface area contributed by atoms with Crippen molar-refractivity contribution in [2.24, 2.45) is 0 Å². The Labute approximate surface area is 159 Å². The van der Waals surface area contributed by atoms with Crippen LogP contribution in [0.15, 0.2) is 36.7 Å². The van der Waals surface area contributed by atoms with Gasteiger partial charge in [0.05, 0.1) is 24.6 Å². The minimum Gasteiger partial charge on any atom is -0.494 e. The van der Waals surface area contributed by atoms with Gasteiger partial charge in [0, 0.05) is 45.2 Å². The van der Waals surface area contributed by atoms with Crippen molar-refractivity contribution in [3.05, 3.63) is 42.2 Å². The van der Waals surface area contributed by atoms with E-state index in [2.05, 4.69) is 10.00 Å². The van der Waals surface area contributed by atoms with E-state index in [1.807, 2.05) is 24.3 Å². The lowest BCUT2D eigenvalue weighted by molar-refractivity contribution is 0.0644. The lowest BCUT2D eigenvalue weighted by Crippen LogP contribution is -2.49. The van der Waals surface area contributed by atoms with E-state index in [9.17, 15) is 13.2 Å². The molecule has 0 radical (unpaired) electrons. The van der Waals surface area contributed by atoms with Gasteiger partial charge in [-0.3, -0.25) is 9.69 Å². The molecule has 146 valence electrons. The normalized spacial score (nSPS) is 15.7. The average Bonchev–Trinajstić information content (AvgIpc) is 3.15. The second-order valence-electron chi connectivity index (χ2n) is 6.61. The number of rotatable bonds is 6. The number of amides is 1. The van der Waals surface area contributed by atoms with Gasteiger partial charge in [0.2, 0.25) is 0 Å². The fraction of sp³-hybridized carbons (Fsp3) is 0.444. The molecule has 1 aromatic carbocycles. The molecule has 8 nitrogen and oxygen atoms in total. The number of carbonyl (C=O) groups excluding carboxylic acids is 1. The molecule has 1 aliphatic rings. The molecule has 2 aromatic rings. The first-order chi connectivity index (χ1) is 12.9. The molecule has 0 spiro atoms. The number of piperazine rings is 1. The van der Waals surface area contributed by atoms with Crippen LogP contribution in [-0.4, -0.2) is 85.7 Å². The van der Waals surface area contributed by atoms with Crippen molar-refractivity contribution in [1.29, 1.82) is 0 Å². The highest BCUT2D eigenvalue weighted by Crippen LogP contribution is 2.22. The maximum absolute atomic E-state index is 12.7. The first-order valence-corrected chi connectivity index (χ1v) is 10.8. The number of methoxy groups -OCH3 is 1. The van der Waals surface area contributed by atoms with Crippen LogP contribution in [0.1, 0.15) is 10.4 Å². The number of hydrogen-bond donors (Lipinski definition) is 0. The Morgan fingerprint density at radius 1 is 1.19 bits per heavy atom. The summed E-state index contributed by atoms with van der Waals surface area (Å²) in [6.45, 7) is 2.99. The molecule has 1 amide bonds. The summed E-state index contributed by atoms with van der Waals surface area (Å²) < 4.78 is 29.5. The summed E-state index contributed by atoms with van der Waals surface area (Å²) in [6, 6.07) is 7.48. The predicted molar refractivity (Wildman–Crippen MR) is 102 cm³/mol. The predicted octanol–water partition coefficient (Wildman–Crippen LogP) is 0.683. The lowest BCUT2D eigenvalue weighted by Gasteiger charge is -2.34. The summed E-state index contributed by atoms with van der Waals surface area (Å²) in [6.07, 6.45) is 4.51. The van der Waals surface area contributed by atoms with Gasteiger partial charge in [0.15, 0.2) is 0 Å². The fourth-order valence-electron chi connectivity index (χ4n) is 3.04. The number of nitrogens with zero attached hydrogens (tertiary/aromatic N) is 4. The van der Waals surface area contributed by atoms with Crippen molar-refractivity contribution in [3.63, 3.8) is 0 Å². The van der Waals surface area contributed by atoms with E-state index < -0.39 is 9.84 Å². The molecule has 0 aliphatic carbocycles. The van der Waals surface area contributed by atoms with Crippen molar-refractivity contribution >= 4 is 15.7 Å². The third-order valence-corrected chi connectivity index (χ3v) is 5.52. The molecular formula is C18H24N4O4S. The third-order valence-electron chi connectivity index (χ3n) is 4.60. The first kappa shape index (κ1) is 19.4. The molecule has 0 N–H and O–H groups in total. The topological polar surface area (TPSA) is 84.7 Å². The zero-order chi connectivity index (χ0) is 19.4. The summed E-state index contributed by atoms with van der Waals surface area (Å²) in [5.41, 5.74) is 1.29. The molecule has 0 atom stereocenters. The van der Waals surface area contributed by atoms with Crippen LogP contribution in [0.2, 0.25) is 0 Å². The van der Waals surface area contributed by atoms with Crippen molar-refractivity contribution in [2.45, 2.75) is 0 Å². The van der Waals surface area contributed by atoms with Gasteiger partial charge < -0.3 is 9.64 Å². The Morgan fingerprint density at radius 3 is 2.56 bits per heavy atom. The van der Waals surface area contributed by atoms with Crippen LogP contribution in [0.25, 0.3) is 5.69 Å². The highest BCUT2D eigenvalue weighted by atomic mass is 32.2. The van der Waals surface area contributed by atoms with Crippen LogP contribution < -0.4 is 4.74 Å². The van der Waals surface area contributed by atoms with Crippen LogP contribution >= 0.6 is 0 Å². The smallest absolute Gasteiger partial charge is 0.257 e. The number of aromatic nitrogens is 2. The van der Waals surface area contributed by atoms with E-state index in [1.165, 1.54) is 6.26 Å². The summed E-state index contributed by atoms with van der Waals surface area (Å²) >= 11 is 0. The van der Waals surface area contributed by atoms with Crippen LogP contribution in [0.3, 0.4) is 0 Å². The number of ether oxygens (including phenoxy) is 1. The van der Waals surface area contributed by atoms with Gasteiger partial charge in [0.25, 0.3) is 5.91 Å². The standard InChI is InChI=1S/C18H24N4O4S/c1-26-17-6-4-3-5-16(17)22-14-15(13-19-22)18(23)21-9-7-20(8-10-21)11-12-27(2,24)25/h3-6,13-14H,7-12H2,1-2H3. The van der Waals surface area contributed by atoms with E-state index in [0.29, 0.717) is 44.0 Å². The summed E-state index contributed by atoms with van der Waals surface area (Å²) in [4.78, 5) is 16.6. The molecule has 1 aliphatic heterocycles. The van der Waals surface area contributed by atoms with Gasteiger partial charge in [-0.15, -0.1) is 0 Å². The van der Waals surface area contributed by atoms with Gasteiger partial charge in [0.1, 0.15) is 21.3 Å². The van der Waals surface area contributed by atoms with Gasteiger partial charge in [-0.25, -0.2) is 13.1 Å². The molecule has 0 bridgehead atoms. The van der Waals surface area contributed by atoms with Gasteiger partial charge in [-0.2, -0.15) is 5.10 Å². The largest absolute Gasteiger partial charge is 0.494 e. The third kappa shape index (κ3) is 4.86. The molecule has 0 saturated carbocycles. The minimum atomic E-state index is -2.97. The molecule has 0 unspecified atom stereocenters. The van der Waals surface area contributed by atoms with Gasteiger partial charge >= 0.3 is 0 Å². The summed E-state index contributed by atoms with van der Waals surface area (Å²) in [5.74, 6) is 0.755. The lowest BCUT2D eigenvalue weighted by atomic mass is 10.2. The Kier molecular flexibility index (Phi) is 5.81.